The van der Waals surface area contributed by atoms with Gasteiger partial charge in [-0.3, -0.25) is 0 Å². The van der Waals surface area contributed by atoms with Crippen LogP contribution in [0.25, 0.3) is 10.8 Å². The molecule has 0 saturated heterocycles. The van der Waals surface area contributed by atoms with Crippen LogP contribution in [-0.2, 0) is 0 Å². The zero-order valence-electron chi connectivity index (χ0n) is 10.6. The molecule has 0 aromatic heterocycles. The molecule has 0 radical (unpaired) electrons. The maximum Gasteiger partial charge on any atom is 0.181 e. The van der Waals surface area contributed by atoms with Crippen molar-refractivity contribution in [1.29, 1.82) is 0 Å². The van der Waals surface area contributed by atoms with Crippen LogP contribution in [0.1, 0.15) is 25.0 Å². The second-order valence-electron chi connectivity index (χ2n) is 3.59. The van der Waals surface area contributed by atoms with Crippen molar-refractivity contribution in [3.05, 3.63) is 35.1 Å². The molecular weight excluding hydrogens is 231 g/mol. The number of rotatable bonds is 0. The Hall–Kier alpha value is -2.21. The van der Waals surface area contributed by atoms with Crippen LogP contribution in [0, 0.1) is 25.1 Å². The zero-order valence-corrected chi connectivity index (χ0v) is 10.6. The van der Waals surface area contributed by atoms with Crippen LogP contribution < -0.4 is 0 Å². The molecule has 0 aliphatic carbocycles. The van der Waals surface area contributed by atoms with Crippen LogP contribution in [0.15, 0.2) is 18.2 Å². The van der Waals surface area contributed by atoms with E-state index in [1.54, 1.807) is 6.92 Å². The molecule has 0 saturated carbocycles. The van der Waals surface area contributed by atoms with Crippen molar-refractivity contribution >= 4 is 10.8 Å². The van der Waals surface area contributed by atoms with E-state index in [-0.39, 0.29) is 11.3 Å². The average molecular weight is 246 g/mol. The molecule has 0 fully saturated rings. The molecule has 0 spiro atoms. The lowest BCUT2D eigenvalue weighted by atomic mass is 9.99. The normalized spacial score (nSPS) is 9.50. The van der Waals surface area contributed by atoms with Gasteiger partial charge in [-0.2, -0.15) is 0 Å². The van der Waals surface area contributed by atoms with Crippen LogP contribution in [0.5, 0.6) is 11.5 Å². The fraction of sp³-hybridized carbons (Fsp3) is 0.200. The number of hydrogen-bond acceptors (Lipinski definition) is 2. The molecule has 0 bridgehead atoms. The van der Waals surface area contributed by atoms with E-state index >= 15 is 0 Å². The molecule has 2 aromatic carbocycles. The highest BCUT2D eigenvalue weighted by Gasteiger charge is 2.13. The second kappa shape index (κ2) is 5.42. The first-order valence-corrected chi connectivity index (χ1v) is 5.66. The molecule has 2 aromatic rings. The van der Waals surface area contributed by atoms with Gasteiger partial charge in [0.25, 0.3) is 0 Å². The van der Waals surface area contributed by atoms with Crippen molar-refractivity contribution in [2.75, 3.05) is 0 Å². The lowest BCUT2D eigenvalue weighted by Gasteiger charge is -2.08. The molecule has 2 rings (SSSR count). The van der Waals surface area contributed by atoms with Gasteiger partial charge < -0.3 is 10.2 Å². The molecule has 2 N–H and O–H groups in total. The monoisotopic (exact) mass is 246 g/mol. The first-order chi connectivity index (χ1) is 8.54. The molecule has 94 valence electrons. The quantitative estimate of drug-likeness (QED) is 0.696. The highest BCUT2D eigenvalue weighted by molar-refractivity contribution is 5.93. The predicted molar refractivity (Wildman–Crippen MR) is 71.3 cm³/mol. The average Bonchev–Trinajstić information content (AvgIpc) is 2.34. The number of phenols is 2. The molecule has 0 unspecified atom stereocenters. The first-order valence-electron chi connectivity index (χ1n) is 5.66. The van der Waals surface area contributed by atoms with Gasteiger partial charge in [-0.15, -0.1) is 6.42 Å². The van der Waals surface area contributed by atoms with Crippen molar-refractivity contribution in [3.8, 4) is 23.8 Å². The predicted octanol–water partition coefficient (Wildman–Crippen LogP) is 3.71. The number of aryl methyl sites for hydroxylation is 1. The van der Waals surface area contributed by atoms with Crippen molar-refractivity contribution in [2.45, 2.75) is 20.8 Å². The molecule has 0 aliphatic heterocycles. The molecule has 0 heterocycles. The van der Waals surface area contributed by atoms with E-state index in [2.05, 4.69) is 5.92 Å². The summed E-state index contributed by atoms with van der Waals surface area (Å²) in [5.41, 5.74) is 0.689. The van der Waals surface area contributed by atoms with Crippen LogP contribution in [0.3, 0.4) is 0 Å². The standard InChI is InChI=1S/C13H9FO2.C2H6/c1-3-10-12-7(2)4-9(15)5-8(12)6-11(16)13(10)14;1-2/h1,4-6,15-16H,2H3;1-2H3. The summed E-state index contributed by atoms with van der Waals surface area (Å²) in [6.07, 6.45) is 5.23. The number of halogens is 1. The number of aromatic hydroxyl groups is 2. The largest absolute Gasteiger partial charge is 0.508 e. The third-order valence-corrected chi connectivity index (χ3v) is 2.48. The van der Waals surface area contributed by atoms with E-state index in [0.29, 0.717) is 16.3 Å². The van der Waals surface area contributed by atoms with E-state index < -0.39 is 11.6 Å². The zero-order chi connectivity index (χ0) is 13.9. The van der Waals surface area contributed by atoms with Crippen molar-refractivity contribution in [3.63, 3.8) is 0 Å². The number of terminal acetylenes is 1. The Balaban J connectivity index is 0.000000771. The Bertz CT molecular complexity index is 625. The topological polar surface area (TPSA) is 40.5 Å². The van der Waals surface area contributed by atoms with Gasteiger partial charge in [0.05, 0.1) is 5.56 Å². The molecule has 0 amide bonds. The van der Waals surface area contributed by atoms with Crippen molar-refractivity contribution in [2.24, 2.45) is 0 Å². The Kier molecular flexibility index (Phi) is 4.17. The summed E-state index contributed by atoms with van der Waals surface area (Å²) in [6.45, 7) is 5.72. The maximum atomic E-state index is 13.6. The Morgan fingerprint density at radius 1 is 1.17 bits per heavy atom. The summed E-state index contributed by atoms with van der Waals surface area (Å²) in [5, 5.41) is 19.8. The van der Waals surface area contributed by atoms with Crippen LogP contribution in [0.2, 0.25) is 0 Å². The number of benzene rings is 2. The van der Waals surface area contributed by atoms with E-state index in [4.69, 9.17) is 6.42 Å². The number of phenolic OH excluding ortho intramolecular Hbond substituents is 2. The summed E-state index contributed by atoms with van der Waals surface area (Å²) in [6, 6.07) is 4.18. The summed E-state index contributed by atoms with van der Waals surface area (Å²) in [5.74, 6) is 0.966. The molecule has 0 aliphatic rings. The third kappa shape index (κ3) is 2.23. The van der Waals surface area contributed by atoms with Gasteiger partial charge >= 0.3 is 0 Å². The third-order valence-electron chi connectivity index (χ3n) is 2.48. The fourth-order valence-corrected chi connectivity index (χ4v) is 1.83. The molecule has 3 heteroatoms. The summed E-state index contributed by atoms with van der Waals surface area (Å²) in [4.78, 5) is 0. The van der Waals surface area contributed by atoms with Gasteiger partial charge in [-0.1, -0.05) is 19.8 Å². The highest BCUT2D eigenvalue weighted by atomic mass is 19.1. The van der Waals surface area contributed by atoms with Gasteiger partial charge in [-0.05, 0) is 36.1 Å². The summed E-state index contributed by atoms with van der Waals surface area (Å²) >= 11 is 0. The SMILES string of the molecule is C#Cc1c(F)c(O)cc2cc(O)cc(C)c12.CC. The molecule has 0 atom stereocenters. The van der Waals surface area contributed by atoms with E-state index in [0.717, 1.165) is 0 Å². The van der Waals surface area contributed by atoms with Crippen molar-refractivity contribution in [1.82, 2.24) is 0 Å². The lowest BCUT2D eigenvalue weighted by Crippen LogP contribution is -1.90. The van der Waals surface area contributed by atoms with Crippen molar-refractivity contribution < 1.29 is 14.6 Å². The van der Waals surface area contributed by atoms with Crippen LogP contribution >= 0.6 is 0 Å². The minimum absolute atomic E-state index is 0.0208. The molecule has 18 heavy (non-hydrogen) atoms. The summed E-state index contributed by atoms with van der Waals surface area (Å²) < 4.78 is 13.6. The second-order valence-corrected chi connectivity index (χ2v) is 3.59. The Labute approximate surface area is 106 Å². The molecular formula is C15H15FO2. The van der Waals surface area contributed by atoms with Crippen LogP contribution in [-0.4, -0.2) is 10.2 Å². The first kappa shape index (κ1) is 13.9. The van der Waals surface area contributed by atoms with Gasteiger partial charge in [0.1, 0.15) is 5.75 Å². The minimum atomic E-state index is -0.802. The van der Waals surface area contributed by atoms with E-state index in [1.807, 2.05) is 13.8 Å². The smallest absolute Gasteiger partial charge is 0.181 e. The maximum absolute atomic E-state index is 13.6. The van der Waals surface area contributed by atoms with Gasteiger partial charge in [0.2, 0.25) is 0 Å². The Morgan fingerprint density at radius 2 is 1.78 bits per heavy atom. The minimum Gasteiger partial charge on any atom is -0.508 e. The summed E-state index contributed by atoms with van der Waals surface area (Å²) in [7, 11) is 0. The number of hydrogen-bond donors (Lipinski definition) is 2. The Morgan fingerprint density at radius 3 is 2.33 bits per heavy atom. The highest BCUT2D eigenvalue weighted by Crippen LogP contribution is 2.32. The lowest BCUT2D eigenvalue weighted by molar-refractivity contribution is 0.433. The van der Waals surface area contributed by atoms with Gasteiger partial charge in [0, 0.05) is 5.39 Å². The van der Waals surface area contributed by atoms with Gasteiger partial charge in [0.15, 0.2) is 11.6 Å². The van der Waals surface area contributed by atoms with E-state index in [1.165, 1.54) is 18.2 Å². The van der Waals surface area contributed by atoms with Crippen LogP contribution in [0.4, 0.5) is 4.39 Å². The van der Waals surface area contributed by atoms with E-state index in [9.17, 15) is 14.6 Å². The fourth-order valence-electron chi connectivity index (χ4n) is 1.83. The van der Waals surface area contributed by atoms with Gasteiger partial charge in [-0.25, -0.2) is 4.39 Å². The molecule has 2 nitrogen and oxygen atoms in total. The number of fused-ring (bicyclic) bond motifs is 1.